The molecule has 346 valence electrons. The highest BCUT2D eigenvalue weighted by Gasteiger charge is 2.44. The minimum atomic E-state index is -1.05. The quantitative estimate of drug-likeness (QED) is 0.169. The van der Waals surface area contributed by atoms with Crippen LogP contribution in [0, 0.1) is 11.3 Å². The number of fused-ring (bicyclic) bond motifs is 2. The summed E-state index contributed by atoms with van der Waals surface area (Å²) in [5.41, 5.74) is 0.363. The van der Waals surface area contributed by atoms with Gasteiger partial charge in [-0.05, 0) is 128 Å². The second-order valence-corrected chi connectivity index (χ2v) is 19.7. The lowest BCUT2D eigenvalue weighted by atomic mass is 9.92. The van der Waals surface area contributed by atoms with Crippen molar-refractivity contribution < 1.29 is 38.1 Å². The van der Waals surface area contributed by atoms with Gasteiger partial charge in [0.1, 0.15) is 17.6 Å². The van der Waals surface area contributed by atoms with Gasteiger partial charge in [-0.1, -0.05) is 38.5 Å². The summed E-state index contributed by atoms with van der Waals surface area (Å²) in [6, 6.07) is 9.67. The van der Waals surface area contributed by atoms with Crippen LogP contribution in [0.15, 0.2) is 28.7 Å². The third-order valence-electron chi connectivity index (χ3n) is 12.5. The number of nitrogens with zero attached hydrogens (tertiary/aromatic N) is 5. The average Bonchev–Trinajstić information content (AvgIpc) is 3.23. The number of hydrogen-bond donors (Lipinski definition) is 0. The van der Waals surface area contributed by atoms with Crippen molar-refractivity contribution in [1.82, 2.24) is 9.80 Å². The number of carbonyl (C=O) groups is 4. The van der Waals surface area contributed by atoms with Crippen LogP contribution in [-0.2, 0) is 19.1 Å². The van der Waals surface area contributed by atoms with Crippen molar-refractivity contribution in [2.45, 2.75) is 168 Å². The minimum Gasteiger partial charge on any atom is -0.476 e. The standard InChI is InChI=1S/C25H35N3O4.C24H35BrN2O4/c1-17(2)28(19-10-7-6-8-11-19)23(29)20-15-21-22(14-18(20)16-26)32-25(3,4)24(30)27(21)12-9-13-31-5;1-16(2)27(17-10-7-6-8-11-17)22(28)18-14-20-21(15-19(18)25)31-24(3,4)23(29)26(20)12-9-13-30-5/h14-15,17,19H,6-13H2,1-5H3;14-17H,6-13H2,1-5H3. The number of nitriles is 1. The SMILES string of the molecule is COCCCN1C(=O)C(C)(C)Oc2cc(Br)c(C(=O)N(C(C)C)C3CCCCC3)cc21.COCCCN1C(=O)C(C)(C)Oc2cc(C#N)c(C(=O)N(C(C)C)C3CCCCC3)cc21. The number of amides is 4. The molecule has 14 heteroatoms. The third kappa shape index (κ3) is 11.4. The first kappa shape index (κ1) is 49.8. The van der Waals surface area contributed by atoms with E-state index in [4.69, 9.17) is 18.9 Å². The van der Waals surface area contributed by atoms with Crippen molar-refractivity contribution in [2.75, 3.05) is 50.3 Å². The Labute approximate surface area is 383 Å². The van der Waals surface area contributed by atoms with Crippen LogP contribution >= 0.6 is 15.9 Å². The number of rotatable bonds is 14. The Hall–Kier alpha value is -4.19. The highest BCUT2D eigenvalue weighted by atomic mass is 79.9. The van der Waals surface area contributed by atoms with E-state index in [1.807, 2.05) is 35.8 Å². The molecule has 2 fully saturated rings. The molecule has 2 aliphatic heterocycles. The van der Waals surface area contributed by atoms with E-state index in [0.717, 1.165) is 51.4 Å². The zero-order chi connectivity index (χ0) is 46.2. The molecular weight excluding hydrogens is 866 g/mol. The van der Waals surface area contributed by atoms with Crippen molar-refractivity contribution >= 4 is 50.9 Å². The first-order valence-electron chi connectivity index (χ1n) is 22.9. The number of ether oxygens (including phenoxy) is 4. The molecule has 2 aromatic carbocycles. The predicted octanol–water partition coefficient (Wildman–Crippen LogP) is 9.45. The van der Waals surface area contributed by atoms with E-state index in [-0.39, 0.29) is 53.4 Å². The van der Waals surface area contributed by atoms with Gasteiger partial charge in [0, 0.05) is 75.2 Å². The lowest BCUT2D eigenvalue weighted by Gasteiger charge is -2.40. The van der Waals surface area contributed by atoms with Crippen LogP contribution < -0.4 is 19.3 Å². The molecule has 0 N–H and O–H groups in total. The van der Waals surface area contributed by atoms with E-state index < -0.39 is 11.2 Å². The monoisotopic (exact) mass is 935 g/mol. The molecule has 0 saturated heterocycles. The Bertz CT molecular complexity index is 2000. The molecular formula is C49H70BrN5O8. The lowest BCUT2D eigenvalue weighted by Crippen LogP contribution is -2.53. The van der Waals surface area contributed by atoms with Gasteiger partial charge in [0.2, 0.25) is 0 Å². The van der Waals surface area contributed by atoms with Gasteiger partial charge in [0.15, 0.2) is 11.2 Å². The minimum absolute atomic E-state index is 0.00528. The van der Waals surface area contributed by atoms with E-state index in [1.165, 1.54) is 12.8 Å². The molecule has 4 aliphatic rings. The van der Waals surface area contributed by atoms with Gasteiger partial charge in [-0.3, -0.25) is 19.2 Å². The number of hydrogen-bond acceptors (Lipinski definition) is 9. The Morgan fingerprint density at radius 1 is 0.714 bits per heavy atom. The molecule has 0 aromatic heterocycles. The van der Waals surface area contributed by atoms with Crippen molar-refractivity contribution in [1.29, 1.82) is 5.26 Å². The molecule has 0 bridgehead atoms. The summed E-state index contributed by atoms with van der Waals surface area (Å²) in [5, 5.41) is 9.85. The number of halogens is 1. The van der Waals surface area contributed by atoms with Crippen molar-refractivity contribution in [3.63, 3.8) is 0 Å². The van der Waals surface area contributed by atoms with Gasteiger partial charge in [0.05, 0.1) is 28.1 Å². The van der Waals surface area contributed by atoms with Crippen molar-refractivity contribution in [2.24, 2.45) is 0 Å². The van der Waals surface area contributed by atoms with E-state index in [0.29, 0.717) is 77.6 Å². The van der Waals surface area contributed by atoms with Crippen LogP contribution in [0.3, 0.4) is 0 Å². The van der Waals surface area contributed by atoms with Gasteiger partial charge in [0.25, 0.3) is 23.6 Å². The van der Waals surface area contributed by atoms with Crippen LogP contribution in [0.5, 0.6) is 11.5 Å². The summed E-state index contributed by atoms with van der Waals surface area (Å²) in [6.07, 6.45) is 12.4. The lowest BCUT2D eigenvalue weighted by molar-refractivity contribution is -0.133. The van der Waals surface area contributed by atoms with Crippen molar-refractivity contribution in [3.8, 4) is 17.6 Å². The Kier molecular flexibility index (Phi) is 17.1. The number of benzene rings is 2. The summed E-state index contributed by atoms with van der Waals surface area (Å²) in [5.74, 6) is 0.640. The summed E-state index contributed by atoms with van der Waals surface area (Å²) >= 11 is 3.60. The predicted molar refractivity (Wildman–Crippen MR) is 249 cm³/mol. The fourth-order valence-electron chi connectivity index (χ4n) is 9.46. The first-order valence-corrected chi connectivity index (χ1v) is 23.7. The molecule has 63 heavy (non-hydrogen) atoms. The maximum absolute atomic E-state index is 13.7. The fourth-order valence-corrected chi connectivity index (χ4v) is 9.95. The molecule has 4 amide bonds. The maximum Gasteiger partial charge on any atom is 0.270 e. The molecule has 0 atom stereocenters. The summed E-state index contributed by atoms with van der Waals surface area (Å²) in [6.45, 7) is 17.2. The molecule has 0 spiro atoms. The van der Waals surface area contributed by atoms with E-state index in [9.17, 15) is 24.4 Å². The number of anilines is 2. The van der Waals surface area contributed by atoms with Gasteiger partial charge in [-0.2, -0.15) is 5.26 Å². The van der Waals surface area contributed by atoms with Crippen LogP contribution in [0.4, 0.5) is 11.4 Å². The van der Waals surface area contributed by atoms with Crippen LogP contribution in [0.25, 0.3) is 0 Å². The average molecular weight is 937 g/mol. The van der Waals surface area contributed by atoms with Crippen LogP contribution in [0.2, 0.25) is 0 Å². The van der Waals surface area contributed by atoms with E-state index in [1.54, 1.807) is 63.8 Å². The Morgan fingerprint density at radius 3 is 1.51 bits per heavy atom. The molecule has 6 rings (SSSR count). The van der Waals surface area contributed by atoms with Gasteiger partial charge >= 0.3 is 0 Å². The molecule has 2 aliphatic carbocycles. The van der Waals surface area contributed by atoms with Gasteiger partial charge < -0.3 is 38.5 Å². The zero-order valence-electron chi connectivity index (χ0n) is 39.3. The summed E-state index contributed by atoms with van der Waals surface area (Å²) in [7, 11) is 3.28. The van der Waals surface area contributed by atoms with Crippen molar-refractivity contribution in [3.05, 3.63) is 45.4 Å². The zero-order valence-corrected chi connectivity index (χ0v) is 40.9. The third-order valence-corrected chi connectivity index (χ3v) is 13.2. The molecule has 0 radical (unpaired) electrons. The van der Waals surface area contributed by atoms with Crippen LogP contribution in [-0.4, -0.2) is 109 Å². The highest BCUT2D eigenvalue weighted by Crippen LogP contribution is 2.43. The molecule has 2 aromatic rings. The van der Waals surface area contributed by atoms with Crippen LogP contribution in [0.1, 0.15) is 159 Å². The second kappa shape index (κ2) is 21.7. The fraction of sp³-hybridized carbons (Fsp3) is 0.653. The van der Waals surface area contributed by atoms with Gasteiger partial charge in [-0.25, -0.2) is 0 Å². The topological polar surface area (TPSA) is 142 Å². The summed E-state index contributed by atoms with van der Waals surface area (Å²) in [4.78, 5) is 61.0. The number of carbonyl (C=O) groups excluding carboxylic acids is 4. The number of methoxy groups -OCH3 is 2. The highest BCUT2D eigenvalue weighted by molar-refractivity contribution is 9.10. The molecule has 13 nitrogen and oxygen atoms in total. The Morgan fingerprint density at radius 2 is 1.11 bits per heavy atom. The van der Waals surface area contributed by atoms with Gasteiger partial charge in [-0.15, -0.1) is 0 Å². The summed E-state index contributed by atoms with van der Waals surface area (Å²) < 4.78 is 23.0. The Balaban J connectivity index is 0.000000238. The molecule has 0 unspecified atom stereocenters. The molecule has 2 saturated carbocycles. The normalized spacial score (nSPS) is 18.4. The first-order chi connectivity index (χ1) is 29.9. The van der Waals surface area contributed by atoms with E-state index >= 15 is 0 Å². The smallest absolute Gasteiger partial charge is 0.270 e. The maximum atomic E-state index is 13.7. The largest absolute Gasteiger partial charge is 0.476 e. The molecule has 2 heterocycles. The van der Waals surface area contributed by atoms with E-state index in [2.05, 4.69) is 35.8 Å². The second-order valence-electron chi connectivity index (χ2n) is 18.8.